The maximum Gasteiger partial charge on any atom is 0.420 e. The van der Waals surface area contributed by atoms with E-state index < -0.39 is 34.9 Å². The molecule has 1 heterocycles. The standard InChI is InChI=1S/C24H32N4O6/c1-22(2,3)33-20(31)28(21(32)34-23(4,5)6)24(7,18(29)30)16-27(17-12-9-8-10-13-17)19-25-14-11-15-26-19/h8-15H,16H2,1-7H3,(H,29,30). The van der Waals surface area contributed by atoms with Gasteiger partial charge in [-0.25, -0.2) is 24.4 Å². The van der Waals surface area contributed by atoms with E-state index >= 15 is 0 Å². The first-order valence-electron chi connectivity index (χ1n) is 10.7. The molecule has 1 aromatic carbocycles. The summed E-state index contributed by atoms with van der Waals surface area (Å²) in [5.41, 5.74) is -3.54. The van der Waals surface area contributed by atoms with Crippen molar-refractivity contribution in [1.82, 2.24) is 14.9 Å². The zero-order valence-corrected chi connectivity index (χ0v) is 20.6. The van der Waals surface area contributed by atoms with Gasteiger partial charge in [0.15, 0.2) is 5.54 Å². The Labute approximate surface area is 199 Å². The zero-order valence-electron chi connectivity index (χ0n) is 20.6. The highest BCUT2D eigenvalue weighted by atomic mass is 16.6. The molecule has 10 nitrogen and oxygen atoms in total. The smallest absolute Gasteiger partial charge is 0.420 e. The first kappa shape index (κ1) is 26.6. The van der Waals surface area contributed by atoms with E-state index in [-0.39, 0.29) is 12.5 Å². The predicted molar refractivity (Wildman–Crippen MR) is 126 cm³/mol. The molecule has 2 aromatic rings. The summed E-state index contributed by atoms with van der Waals surface area (Å²) >= 11 is 0. The minimum absolute atomic E-state index is 0.189. The molecule has 2 rings (SSSR count). The lowest BCUT2D eigenvalue weighted by Gasteiger charge is -2.40. The first-order chi connectivity index (χ1) is 15.6. The van der Waals surface area contributed by atoms with Crippen LogP contribution in [0.15, 0.2) is 48.8 Å². The molecule has 2 amide bonds. The molecular formula is C24H32N4O6. The van der Waals surface area contributed by atoms with Gasteiger partial charge in [-0.3, -0.25) is 0 Å². The van der Waals surface area contributed by atoms with Crippen molar-refractivity contribution in [3.8, 4) is 0 Å². The summed E-state index contributed by atoms with van der Waals surface area (Å²) in [6.45, 7) is 10.6. The van der Waals surface area contributed by atoms with Crippen LogP contribution in [0.5, 0.6) is 0 Å². The van der Waals surface area contributed by atoms with Gasteiger partial charge in [0.2, 0.25) is 5.95 Å². The molecule has 10 heteroatoms. The maximum absolute atomic E-state index is 13.2. The van der Waals surface area contributed by atoms with E-state index in [9.17, 15) is 19.5 Å². The van der Waals surface area contributed by atoms with E-state index in [1.54, 1.807) is 77.9 Å². The monoisotopic (exact) mass is 472 g/mol. The number of aromatic nitrogens is 2. The second-order valence-electron chi connectivity index (χ2n) is 9.85. The summed E-state index contributed by atoms with van der Waals surface area (Å²) in [5.74, 6) is -1.25. The number of para-hydroxylation sites is 1. The topological polar surface area (TPSA) is 122 Å². The molecule has 1 N–H and O–H groups in total. The second kappa shape index (κ2) is 10.1. The fourth-order valence-corrected chi connectivity index (χ4v) is 2.95. The molecule has 0 aliphatic rings. The van der Waals surface area contributed by atoms with Crippen LogP contribution in [0.3, 0.4) is 0 Å². The van der Waals surface area contributed by atoms with E-state index in [0.29, 0.717) is 10.6 Å². The van der Waals surface area contributed by atoms with Crippen LogP contribution >= 0.6 is 0 Å². The lowest BCUT2D eigenvalue weighted by atomic mass is 9.99. The molecule has 0 saturated carbocycles. The summed E-state index contributed by atoms with van der Waals surface area (Å²) in [7, 11) is 0. The van der Waals surface area contributed by atoms with Crippen LogP contribution in [0.2, 0.25) is 0 Å². The van der Waals surface area contributed by atoms with Crippen LogP contribution in [0, 0.1) is 0 Å². The number of ether oxygens (including phenoxy) is 2. The number of amides is 2. The molecule has 0 radical (unpaired) electrons. The van der Waals surface area contributed by atoms with Gasteiger partial charge in [-0.15, -0.1) is 0 Å². The molecule has 1 atom stereocenters. The number of aliphatic carboxylic acids is 1. The summed E-state index contributed by atoms with van der Waals surface area (Å²) < 4.78 is 10.8. The van der Waals surface area contributed by atoms with Crippen molar-refractivity contribution >= 4 is 29.8 Å². The van der Waals surface area contributed by atoms with E-state index in [2.05, 4.69) is 9.97 Å². The number of hydrogen-bond donors (Lipinski definition) is 1. The van der Waals surface area contributed by atoms with Gasteiger partial charge in [-0.2, -0.15) is 4.90 Å². The number of hydrogen-bond acceptors (Lipinski definition) is 8. The van der Waals surface area contributed by atoms with Gasteiger partial charge >= 0.3 is 18.2 Å². The van der Waals surface area contributed by atoms with E-state index in [1.807, 2.05) is 0 Å². The van der Waals surface area contributed by atoms with Crippen molar-refractivity contribution < 1.29 is 29.0 Å². The second-order valence-corrected chi connectivity index (χ2v) is 9.85. The SMILES string of the molecule is CC(C)(C)OC(=O)N(C(=O)OC(C)(C)C)C(C)(CN(c1ccccc1)c1ncccn1)C(=O)O. The first-order valence-corrected chi connectivity index (χ1v) is 10.7. The highest BCUT2D eigenvalue weighted by Crippen LogP contribution is 2.29. The molecular weight excluding hydrogens is 440 g/mol. The fraction of sp³-hybridized carbons (Fsp3) is 0.458. The maximum atomic E-state index is 13.2. The molecule has 0 aliphatic heterocycles. The molecule has 0 saturated heterocycles. The van der Waals surface area contributed by atoms with Crippen molar-refractivity contribution in [3.63, 3.8) is 0 Å². The van der Waals surface area contributed by atoms with Gasteiger partial charge in [0.1, 0.15) is 11.2 Å². The quantitative estimate of drug-likeness (QED) is 0.641. The Morgan fingerprint density at radius 2 is 1.29 bits per heavy atom. The number of carbonyl (C=O) groups excluding carboxylic acids is 2. The third-order valence-electron chi connectivity index (χ3n) is 4.43. The number of carbonyl (C=O) groups is 3. The van der Waals surface area contributed by atoms with E-state index in [1.165, 1.54) is 24.2 Å². The minimum atomic E-state index is -2.13. The third-order valence-corrected chi connectivity index (χ3v) is 4.43. The van der Waals surface area contributed by atoms with Crippen molar-refractivity contribution in [1.29, 1.82) is 0 Å². The molecule has 0 fully saturated rings. The average molecular weight is 473 g/mol. The molecule has 0 aliphatic carbocycles. The molecule has 184 valence electrons. The van der Waals surface area contributed by atoms with Crippen LogP contribution in [0.25, 0.3) is 0 Å². The Morgan fingerprint density at radius 3 is 1.71 bits per heavy atom. The van der Waals surface area contributed by atoms with Gasteiger partial charge in [0.25, 0.3) is 0 Å². The summed E-state index contributed by atoms with van der Waals surface area (Å²) in [4.78, 5) is 49.5. The van der Waals surface area contributed by atoms with Gasteiger partial charge < -0.3 is 19.5 Å². The number of benzene rings is 1. The lowest BCUT2D eigenvalue weighted by Crippen LogP contribution is -2.63. The van der Waals surface area contributed by atoms with Crippen LogP contribution in [0.4, 0.5) is 21.2 Å². The highest BCUT2D eigenvalue weighted by molar-refractivity contribution is 5.96. The average Bonchev–Trinajstić information content (AvgIpc) is 2.70. The number of anilines is 2. The Hall–Kier alpha value is -3.69. The largest absolute Gasteiger partial charge is 0.479 e. The van der Waals surface area contributed by atoms with Crippen LogP contribution < -0.4 is 4.90 Å². The van der Waals surface area contributed by atoms with Crippen LogP contribution in [0.1, 0.15) is 48.5 Å². The lowest BCUT2D eigenvalue weighted by molar-refractivity contribution is -0.149. The van der Waals surface area contributed by atoms with Crippen LogP contribution in [-0.2, 0) is 14.3 Å². The molecule has 1 aromatic heterocycles. The summed E-state index contributed by atoms with van der Waals surface area (Å²) in [6.07, 6.45) is 0.730. The summed E-state index contributed by atoms with van der Waals surface area (Å²) in [5, 5.41) is 10.3. The predicted octanol–water partition coefficient (Wildman–Crippen LogP) is 4.63. The van der Waals surface area contributed by atoms with Gasteiger partial charge in [0.05, 0.1) is 6.54 Å². The molecule has 0 bridgehead atoms. The molecule has 34 heavy (non-hydrogen) atoms. The van der Waals surface area contributed by atoms with Crippen molar-refractivity contribution in [2.24, 2.45) is 0 Å². The van der Waals surface area contributed by atoms with Crippen molar-refractivity contribution in [2.75, 3.05) is 11.4 Å². The Balaban J connectivity index is 2.63. The number of rotatable bonds is 6. The number of carboxylic acid groups (broad SMARTS) is 1. The van der Waals surface area contributed by atoms with Gasteiger partial charge in [-0.05, 0) is 66.7 Å². The van der Waals surface area contributed by atoms with Gasteiger partial charge in [0, 0.05) is 18.1 Å². The molecule has 1 unspecified atom stereocenters. The summed E-state index contributed by atoms with van der Waals surface area (Å²) in [6, 6.07) is 10.4. The zero-order chi connectivity index (χ0) is 25.7. The Morgan fingerprint density at radius 1 is 0.824 bits per heavy atom. The van der Waals surface area contributed by atoms with Crippen LogP contribution in [-0.4, -0.2) is 61.4 Å². The third kappa shape index (κ3) is 6.90. The van der Waals surface area contributed by atoms with E-state index in [0.717, 1.165) is 0 Å². The highest BCUT2D eigenvalue weighted by Gasteiger charge is 2.51. The van der Waals surface area contributed by atoms with E-state index in [4.69, 9.17) is 9.47 Å². The minimum Gasteiger partial charge on any atom is -0.479 e. The Kier molecular flexibility index (Phi) is 7.86. The van der Waals surface area contributed by atoms with Crippen molar-refractivity contribution in [3.05, 3.63) is 48.8 Å². The fourth-order valence-electron chi connectivity index (χ4n) is 2.95. The Bertz CT molecular complexity index is 934. The number of imide groups is 1. The van der Waals surface area contributed by atoms with Crippen molar-refractivity contribution in [2.45, 2.75) is 65.2 Å². The van der Waals surface area contributed by atoms with Gasteiger partial charge in [-0.1, -0.05) is 18.2 Å². The number of nitrogens with zero attached hydrogens (tertiary/aromatic N) is 4. The normalized spacial score (nSPS) is 13.4. The molecule has 0 spiro atoms. The number of carboxylic acids is 1.